The van der Waals surface area contributed by atoms with Gasteiger partial charge in [-0.15, -0.1) is 0 Å². The Labute approximate surface area is 269 Å². The first kappa shape index (κ1) is 31.6. The number of rotatable bonds is 13. The molecule has 6 rings (SSSR count). The summed E-state index contributed by atoms with van der Waals surface area (Å²) >= 11 is 6.45. The van der Waals surface area contributed by atoms with Crippen LogP contribution in [0, 0.1) is 18.6 Å². The molecule has 46 heavy (non-hydrogen) atoms. The molecule has 1 saturated heterocycles. The van der Waals surface area contributed by atoms with Crippen LogP contribution >= 0.6 is 11.6 Å². The second-order valence-corrected chi connectivity index (χ2v) is 11.5. The second kappa shape index (κ2) is 13.9. The minimum atomic E-state index is -0.727. The number of para-hydroxylation sites is 1. The number of nitrogens with zero attached hydrogens (tertiary/aromatic N) is 6. The number of fused-ring (bicyclic) bond motifs is 1. The fourth-order valence-corrected chi connectivity index (χ4v) is 5.45. The van der Waals surface area contributed by atoms with Gasteiger partial charge in [-0.25, -0.2) is 23.1 Å². The van der Waals surface area contributed by atoms with Gasteiger partial charge in [-0.2, -0.15) is 5.10 Å². The number of unbranched alkanes of at least 4 members (excludes halogenated alkanes) is 1. The predicted molar refractivity (Wildman–Crippen MR) is 171 cm³/mol. The molecule has 0 saturated carbocycles. The molecule has 0 aliphatic carbocycles. The summed E-state index contributed by atoms with van der Waals surface area (Å²) in [5, 5.41) is 9.07. The third-order valence-corrected chi connectivity index (χ3v) is 7.94. The molecule has 1 fully saturated rings. The highest BCUT2D eigenvalue weighted by Crippen LogP contribution is 2.34. The Morgan fingerprint density at radius 3 is 2.57 bits per heavy atom. The standard InChI is InChI=1S/C33H33ClF3N7O2/c1-3-45-22-13-26(36)24(27(37)14-22)19-44-29-9-5-4-8-23(29)31(42-44)33-39-16-30(46-11-7-6-10-43-17-21(35)18-43)32(41-33)40-28-12-20(2)38-15-25(28)34/h4-5,8-9,12-16,21H,3,6-7,10-11,17-19H2,1-2H3,(H,38,39,40,41). The van der Waals surface area contributed by atoms with Crippen molar-refractivity contribution in [2.75, 3.05) is 38.2 Å². The number of ether oxygens (including phenoxy) is 2. The SMILES string of the molecule is CCOc1cc(F)c(Cn2nc(-c3ncc(OCCCCN4CC(F)C4)c(Nc4cc(C)ncc4Cl)n3)c3ccccc32)c(F)c1. The van der Waals surface area contributed by atoms with Crippen molar-refractivity contribution < 1.29 is 22.6 Å². The van der Waals surface area contributed by atoms with Crippen molar-refractivity contribution in [2.45, 2.75) is 39.4 Å². The quantitative estimate of drug-likeness (QED) is 0.135. The van der Waals surface area contributed by atoms with E-state index < -0.39 is 17.8 Å². The van der Waals surface area contributed by atoms with E-state index in [1.54, 1.807) is 25.4 Å². The van der Waals surface area contributed by atoms with Crippen molar-refractivity contribution in [2.24, 2.45) is 0 Å². The molecule has 4 heterocycles. The van der Waals surface area contributed by atoms with Crippen molar-refractivity contribution >= 4 is 34.0 Å². The lowest BCUT2D eigenvalue weighted by Gasteiger charge is -2.34. The first-order valence-corrected chi connectivity index (χ1v) is 15.5. The molecule has 0 amide bonds. The molecule has 3 aromatic heterocycles. The molecule has 13 heteroatoms. The van der Waals surface area contributed by atoms with Gasteiger partial charge in [0, 0.05) is 48.1 Å². The zero-order valence-electron chi connectivity index (χ0n) is 25.4. The van der Waals surface area contributed by atoms with Crippen LogP contribution in [0.4, 0.5) is 24.7 Å². The molecular formula is C33H33ClF3N7O2. The summed E-state index contributed by atoms with van der Waals surface area (Å²) in [4.78, 5) is 15.7. The molecule has 0 bridgehead atoms. The van der Waals surface area contributed by atoms with Crippen LogP contribution < -0.4 is 14.8 Å². The van der Waals surface area contributed by atoms with Gasteiger partial charge in [0.25, 0.3) is 0 Å². The topological polar surface area (TPSA) is 90.2 Å². The molecule has 0 unspecified atom stereocenters. The Kier molecular flexibility index (Phi) is 9.55. The highest BCUT2D eigenvalue weighted by Gasteiger charge is 2.25. The minimum Gasteiger partial charge on any atom is -0.494 e. The molecule has 0 atom stereocenters. The highest BCUT2D eigenvalue weighted by molar-refractivity contribution is 6.33. The van der Waals surface area contributed by atoms with E-state index in [4.69, 9.17) is 31.2 Å². The van der Waals surface area contributed by atoms with E-state index in [9.17, 15) is 4.39 Å². The lowest BCUT2D eigenvalue weighted by molar-refractivity contribution is 0.0634. The third kappa shape index (κ3) is 7.02. The van der Waals surface area contributed by atoms with Crippen LogP contribution in [0.25, 0.3) is 22.4 Å². The van der Waals surface area contributed by atoms with Crippen LogP contribution in [-0.2, 0) is 6.54 Å². The normalized spacial score (nSPS) is 13.6. The first-order chi connectivity index (χ1) is 22.3. The van der Waals surface area contributed by atoms with Crippen LogP contribution in [0.2, 0.25) is 5.02 Å². The van der Waals surface area contributed by atoms with Gasteiger partial charge in [0.15, 0.2) is 17.4 Å². The maximum Gasteiger partial charge on any atom is 0.183 e. The van der Waals surface area contributed by atoms with Gasteiger partial charge in [-0.1, -0.05) is 29.8 Å². The zero-order chi connectivity index (χ0) is 32.2. The van der Waals surface area contributed by atoms with Gasteiger partial charge in [0.2, 0.25) is 0 Å². The monoisotopic (exact) mass is 651 g/mol. The summed E-state index contributed by atoms with van der Waals surface area (Å²) in [6.45, 7) is 5.93. The number of hydrogen-bond donors (Lipinski definition) is 1. The number of hydrogen-bond acceptors (Lipinski definition) is 8. The van der Waals surface area contributed by atoms with Gasteiger partial charge in [-0.3, -0.25) is 14.6 Å². The van der Waals surface area contributed by atoms with Gasteiger partial charge in [0.05, 0.1) is 42.2 Å². The molecule has 5 aromatic rings. The van der Waals surface area contributed by atoms with Gasteiger partial charge < -0.3 is 14.8 Å². The number of aryl methyl sites for hydroxylation is 1. The maximum atomic E-state index is 15.0. The summed E-state index contributed by atoms with van der Waals surface area (Å²) in [6.07, 6.45) is 4.02. The Morgan fingerprint density at radius 2 is 1.80 bits per heavy atom. The van der Waals surface area contributed by atoms with Gasteiger partial charge in [-0.05, 0) is 45.4 Å². The van der Waals surface area contributed by atoms with Crippen molar-refractivity contribution in [1.29, 1.82) is 0 Å². The summed E-state index contributed by atoms with van der Waals surface area (Å²) in [5.74, 6) is -0.284. The lowest BCUT2D eigenvalue weighted by Crippen LogP contribution is -2.48. The van der Waals surface area contributed by atoms with E-state index in [1.807, 2.05) is 31.2 Å². The average molecular weight is 652 g/mol. The second-order valence-electron chi connectivity index (χ2n) is 11.1. The van der Waals surface area contributed by atoms with Gasteiger partial charge in [0.1, 0.15) is 29.2 Å². The molecule has 1 aliphatic heterocycles. The predicted octanol–water partition coefficient (Wildman–Crippen LogP) is 7.13. The number of aromatic nitrogens is 5. The largest absolute Gasteiger partial charge is 0.494 e. The Balaban J connectivity index is 1.30. The number of likely N-dealkylation sites (tertiary alicyclic amines) is 1. The molecule has 0 spiro atoms. The van der Waals surface area contributed by atoms with Crippen molar-refractivity contribution in [1.82, 2.24) is 29.6 Å². The van der Waals surface area contributed by atoms with E-state index in [2.05, 4.69) is 20.2 Å². The number of pyridine rings is 1. The van der Waals surface area contributed by atoms with Crippen molar-refractivity contribution in [3.05, 3.63) is 82.8 Å². The summed E-state index contributed by atoms with van der Waals surface area (Å²) in [7, 11) is 0. The first-order valence-electron chi connectivity index (χ1n) is 15.1. The van der Waals surface area contributed by atoms with Crippen LogP contribution in [0.3, 0.4) is 0 Å². The Bertz CT molecular complexity index is 1830. The van der Waals surface area contributed by atoms with Gasteiger partial charge >= 0.3 is 0 Å². The summed E-state index contributed by atoms with van der Waals surface area (Å²) in [5.41, 5.74) is 2.27. The maximum absolute atomic E-state index is 15.0. The Hall–Kier alpha value is -4.42. The zero-order valence-corrected chi connectivity index (χ0v) is 26.2. The molecule has 9 nitrogen and oxygen atoms in total. The molecular weight excluding hydrogens is 619 g/mol. The summed E-state index contributed by atoms with van der Waals surface area (Å²) in [6, 6.07) is 11.5. The average Bonchev–Trinajstić information content (AvgIpc) is 3.38. The van der Waals surface area contributed by atoms with Crippen molar-refractivity contribution in [3.63, 3.8) is 0 Å². The number of alkyl halides is 1. The van der Waals surface area contributed by atoms with Crippen LogP contribution in [0.15, 0.2) is 54.9 Å². The molecule has 2 aromatic carbocycles. The van der Waals surface area contributed by atoms with E-state index in [0.29, 0.717) is 65.2 Å². The summed E-state index contributed by atoms with van der Waals surface area (Å²) < 4.78 is 56.0. The number of halogens is 4. The highest BCUT2D eigenvalue weighted by atomic mass is 35.5. The van der Waals surface area contributed by atoms with E-state index in [1.165, 1.54) is 16.8 Å². The van der Waals surface area contributed by atoms with Crippen LogP contribution in [0.1, 0.15) is 31.0 Å². The fourth-order valence-electron chi connectivity index (χ4n) is 5.30. The molecule has 1 N–H and O–H groups in total. The molecule has 1 aliphatic rings. The van der Waals surface area contributed by atoms with Crippen LogP contribution in [0.5, 0.6) is 11.5 Å². The van der Waals surface area contributed by atoms with E-state index >= 15 is 8.78 Å². The third-order valence-electron chi connectivity index (χ3n) is 7.64. The number of benzene rings is 2. The van der Waals surface area contributed by atoms with E-state index in [0.717, 1.165) is 25.1 Å². The molecule has 240 valence electrons. The lowest BCUT2D eigenvalue weighted by atomic mass is 10.1. The number of nitrogens with one attached hydrogen (secondary N) is 1. The van der Waals surface area contributed by atoms with Crippen LogP contribution in [-0.4, -0.2) is 68.7 Å². The minimum absolute atomic E-state index is 0.124. The number of anilines is 2. The Morgan fingerprint density at radius 1 is 1.02 bits per heavy atom. The van der Waals surface area contributed by atoms with Crippen molar-refractivity contribution in [3.8, 4) is 23.0 Å². The molecule has 0 radical (unpaired) electrons. The fraction of sp³-hybridized carbons (Fsp3) is 0.333. The van der Waals surface area contributed by atoms with E-state index in [-0.39, 0.29) is 23.7 Å². The smallest absolute Gasteiger partial charge is 0.183 e.